The van der Waals surface area contributed by atoms with Crippen molar-refractivity contribution in [3.05, 3.63) is 41.3 Å². The maximum absolute atomic E-state index is 12.6. The number of carbonyl (C=O) groups excluding carboxylic acids is 2. The van der Waals surface area contributed by atoms with Crippen LogP contribution in [0.5, 0.6) is 5.75 Å². The largest absolute Gasteiger partial charge is 0.492 e. The Balaban J connectivity index is 1.60. The number of anilines is 3. The van der Waals surface area contributed by atoms with E-state index in [-0.39, 0.29) is 11.8 Å². The molecule has 4 rings (SSSR count). The second-order valence-electron chi connectivity index (χ2n) is 8.00. The number of ether oxygens (including phenoxy) is 1. The minimum absolute atomic E-state index is 0.112. The van der Waals surface area contributed by atoms with Crippen molar-refractivity contribution in [1.82, 2.24) is 14.9 Å². The van der Waals surface area contributed by atoms with Crippen molar-refractivity contribution >= 4 is 46.3 Å². The molecule has 174 valence electrons. The minimum Gasteiger partial charge on any atom is -0.492 e. The van der Waals surface area contributed by atoms with Crippen molar-refractivity contribution < 1.29 is 14.3 Å². The van der Waals surface area contributed by atoms with Gasteiger partial charge in [-0.3, -0.25) is 9.59 Å². The molecule has 0 fully saturated rings. The summed E-state index contributed by atoms with van der Waals surface area (Å²) in [4.78, 5) is 35.2. The number of likely N-dealkylation sites (N-methyl/N-ethyl adjacent to an activating group) is 1. The standard InChI is InChI=1S/C23H27ClN6O3/c1-30-10-9-25-21-20-16(23(32)29-22(20)28-14-27-21)13-26-15-7-8-17(24)18(12-15)33-11-5-3-2-4-6-19(30)31/h7-8,12-14,26H,2-6,9-11H2,1H3,(H2,25,27,28,29,32)/b16-13-. The number of aromatic nitrogens is 2. The van der Waals surface area contributed by atoms with Crippen LogP contribution in [0.1, 0.15) is 37.7 Å². The van der Waals surface area contributed by atoms with Gasteiger partial charge in [-0.15, -0.1) is 0 Å². The van der Waals surface area contributed by atoms with Gasteiger partial charge in [-0.1, -0.05) is 24.4 Å². The summed E-state index contributed by atoms with van der Waals surface area (Å²) in [6, 6.07) is 5.38. The lowest BCUT2D eigenvalue weighted by molar-refractivity contribution is -0.129. The molecule has 1 aromatic heterocycles. The lowest BCUT2D eigenvalue weighted by Crippen LogP contribution is -2.31. The van der Waals surface area contributed by atoms with E-state index in [4.69, 9.17) is 16.3 Å². The summed E-state index contributed by atoms with van der Waals surface area (Å²) in [5, 5.41) is 9.68. The van der Waals surface area contributed by atoms with Crippen LogP contribution in [0.15, 0.2) is 30.7 Å². The number of nitrogens with zero attached hydrogens (tertiary/aromatic N) is 3. The fraction of sp³-hybridized carbons (Fsp3) is 0.391. The van der Waals surface area contributed by atoms with Crippen LogP contribution < -0.4 is 20.7 Å². The average molecular weight is 471 g/mol. The quantitative estimate of drug-likeness (QED) is 0.538. The van der Waals surface area contributed by atoms with Gasteiger partial charge in [0.2, 0.25) is 5.91 Å². The Kier molecular flexibility index (Phi) is 7.29. The summed E-state index contributed by atoms with van der Waals surface area (Å²) in [5.41, 5.74) is 1.73. The van der Waals surface area contributed by atoms with Crippen molar-refractivity contribution in [1.29, 1.82) is 0 Å². The van der Waals surface area contributed by atoms with Crippen LogP contribution in [-0.4, -0.2) is 53.4 Å². The third kappa shape index (κ3) is 5.54. The fourth-order valence-corrected chi connectivity index (χ4v) is 3.90. The molecule has 0 saturated heterocycles. The Morgan fingerprint density at radius 2 is 1.91 bits per heavy atom. The first-order valence-electron chi connectivity index (χ1n) is 11.1. The van der Waals surface area contributed by atoms with Gasteiger partial charge in [0, 0.05) is 44.5 Å². The predicted octanol–water partition coefficient (Wildman–Crippen LogP) is 3.75. The lowest BCUT2D eigenvalue weighted by Gasteiger charge is -2.18. The van der Waals surface area contributed by atoms with E-state index in [2.05, 4.69) is 25.9 Å². The van der Waals surface area contributed by atoms with Crippen LogP contribution in [-0.2, 0) is 9.59 Å². The molecule has 10 heteroatoms. The summed E-state index contributed by atoms with van der Waals surface area (Å²) >= 11 is 6.29. The van der Waals surface area contributed by atoms with E-state index in [0.717, 1.165) is 31.4 Å². The van der Waals surface area contributed by atoms with Gasteiger partial charge in [0.1, 0.15) is 23.7 Å². The molecule has 2 aromatic rings. The second-order valence-corrected chi connectivity index (χ2v) is 8.41. The van der Waals surface area contributed by atoms with Gasteiger partial charge < -0.3 is 25.6 Å². The maximum Gasteiger partial charge on any atom is 0.259 e. The first-order valence-corrected chi connectivity index (χ1v) is 11.4. The minimum atomic E-state index is -0.277. The van der Waals surface area contributed by atoms with Gasteiger partial charge in [-0.2, -0.15) is 0 Å². The zero-order valence-electron chi connectivity index (χ0n) is 18.5. The number of carbonyl (C=O) groups is 2. The predicted molar refractivity (Wildman–Crippen MR) is 128 cm³/mol. The van der Waals surface area contributed by atoms with Crippen LogP contribution in [0.3, 0.4) is 0 Å². The van der Waals surface area contributed by atoms with Gasteiger partial charge in [-0.25, -0.2) is 9.97 Å². The highest BCUT2D eigenvalue weighted by molar-refractivity contribution is 6.33. The number of benzene rings is 1. The fourth-order valence-electron chi connectivity index (χ4n) is 3.73. The Morgan fingerprint density at radius 3 is 2.79 bits per heavy atom. The topological polar surface area (TPSA) is 108 Å². The summed E-state index contributed by atoms with van der Waals surface area (Å²) in [6.45, 7) is 1.57. The molecule has 0 radical (unpaired) electrons. The average Bonchev–Trinajstić information content (AvgIpc) is 3.13. The number of hydrogen-bond donors (Lipinski definition) is 3. The number of amides is 2. The van der Waals surface area contributed by atoms with Crippen LogP contribution >= 0.6 is 11.6 Å². The molecule has 2 aliphatic heterocycles. The van der Waals surface area contributed by atoms with Crippen LogP contribution in [0.25, 0.3) is 5.57 Å². The van der Waals surface area contributed by atoms with E-state index in [1.807, 2.05) is 6.07 Å². The first-order chi connectivity index (χ1) is 16.0. The second kappa shape index (κ2) is 10.5. The van der Waals surface area contributed by atoms with Crippen molar-refractivity contribution in [2.75, 3.05) is 42.7 Å². The Labute approximate surface area is 197 Å². The van der Waals surface area contributed by atoms with Crippen molar-refractivity contribution in [3.63, 3.8) is 0 Å². The monoisotopic (exact) mass is 470 g/mol. The smallest absolute Gasteiger partial charge is 0.259 e. The third-order valence-electron chi connectivity index (χ3n) is 5.62. The zero-order valence-corrected chi connectivity index (χ0v) is 19.2. The molecule has 0 spiro atoms. The summed E-state index contributed by atoms with van der Waals surface area (Å²) < 4.78 is 5.86. The van der Waals surface area contributed by atoms with Crippen molar-refractivity contribution in [3.8, 4) is 5.75 Å². The van der Waals surface area contributed by atoms with Crippen molar-refractivity contribution in [2.24, 2.45) is 0 Å². The number of rotatable bonds is 0. The third-order valence-corrected chi connectivity index (χ3v) is 5.93. The number of nitrogens with one attached hydrogen (secondary N) is 3. The molecule has 9 nitrogen and oxygen atoms in total. The summed E-state index contributed by atoms with van der Waals surface area (Å²) in [7, 11) is 1.80. The molecule has 0 aliphatic carbocycles. The molecule has 1 aromatic carbocycles. The van der Waals surface area contributed by atoms with Gasteiger partial charge in [0.25, 0.3) is 5.91 Å². The molecule has 2 aliphatic rings. The molecule has 33 heavy (non-hydrogen) atoms. The summed E-state index contributed by atoms with van der Waals surface area (Å²) in [5.74, 6) is 1.38. The molecule has 0 atom stereocenters. The Morgan fingerprint density at radius 1 is 1.09 bits per heavy atom. The van der Waals surface area contributed by atoms with Crippen LogP contribution in [0, 0.1) is 0 Å². The molecule has 2 bridgehead atoms. The van der Waals surface area contributed by atoms with Crippen LogP contribution in [0.4, 0.5) is 17.3 Å². The Bertz CT molecular complexity index is 1070. The molecular weight excluding hydrogens is 444 g/mol. The molecular formula is C23H27ClN6O3. The SMILES string of the molecule is CN1CCNc2ncnc3c2/C(=C/Nc2ccc(Cl)c(c2)OCCCCCCC1=O)C(=O)N3. The first kappa shape index (κ1) is 22.8. The van der Waals surface area contributed by atoms with E-state index in [0.29, 0.717) is 59.7 Å². The zero-order chi connectivity index (χ0) is 23.2. The van der Waals surface area contributed by atoms with E-state index in [9.17, 15) is 9.59 Å². The van der Waals surface area contributed by atoms with E-state index < -0.39 is 0 Å². The van der Waals surface area contributed by atoms with E-state index in [1.165, 1.54) is 6.33 Å². The highest BCUT2D eigenvalue weighted by atomic mass is 35.5. The highest BCUT2D eigenvalue weighted by Crippen LogP contribution is 2.35. The molecule has 3 N–H and O–H groups in total. The molecule has 0 saturated carbocycles. The Hall–Kier alpha value is -3.33. The van der Waals surface area contributed by atoms with Gasteiger partial charge in [0.05, 0.1) is 22.8 Å². The number of hydrogen-bond acceptors (Lipinski definition) is 7. The normalized spacial score (nSPS) is 19.2. The molecule has 0 unspecified atom stereocenters. The van der Waals surface area contributed by atoms with Gasteiger partial charge >= 0.3 is 0 Å². The van der Waals surface area contributed by atoms with Gasteiger partial charge in [-0.05, 0) is 25.0 Å². The molecule has 2 amide bonds. The molecule has 3 heterocycles. The van der Waals surface area contributed by atoms with Gasteiger partial charge in [0.15, 0.2) is 0 Å². The van der Waals surface area contributed by atoms with Crippen molar-refractivity contribution in [2.45, 2.75) is 32.1 Å². The maximum atomic E-state index is 12.6. The van der Waals surface area contributed by atoms with Crippen LogP contribution in [0.2, 0.25) is 5.02 Å². The van der Waals surface area contributed by atoms with E-state index >= 15 is 0 Å². The van der Waals surface area contributed by atoms with E-state index in [1.54, 1.807) is 30.3 Å². The summed E-state index contributed by atoms with van der Waals surface area (Å²) in [6.07, 6.45) is 7.21. The lowest BCUT2D eigenvalue weighted by atomic mass is 10.1. The number of fused-ring (bicyclic) bond motifs is 2. The number of halogens is 1. The highest BCUT2D eigenvalue weighted by Gasteiger charge is 2.29.